The monoisotopic (exact) mass is 496 g/mol. The van der Waals surface area contributed by atoms with E-state index in [1.54, 1.807) is 0 Å². The zero-order valence-electron chi connectivity index (χ0n) is 20.7. The van der Waals surface area contributed by atoms with Crippen LogP contribution in [-0.2, 0) is 33.8 Å². The van der Waals surface area contributed by atoms with Crippen molar-refractivity contribution < 1.29 is 14.3 Å². The van der Waals surface area contributed by atoms with E-state index in [0.717, 1.165) is 49.3 Å². The molecule has 4 fully saturated rings. The van der Waals surface area contributed by atoms with E-state index in [1.165, 1.54) is 36.6 Å². The second-order valence-electron chi connectivity index (χ2n) is 10.7. The first-order valence-corrected chi connectivity index (χ1v) is 13.9. The molecule has 7 nitrogen and oxygen atoms in total. The third kappa shape index (κ3) is 5.27. The molecule has 4 saturated carbocycles. The summed E-state index contributed by atoms with van der Waals surface area (Å²) in [7, 11) is 0. The summed E-state index contributed by atoms with van der Waals surface area (Å²) in [6.07, 6.45) is 7.91. The van der Waals surface area contributed by atoms with Crippen molar-refractivity contribution in [3.05, 3.63) is 41.7 Å². The van der Waals surface area contributed by atoms with Crippen molar-refractivity contribution in [2.45, 2.75) is 82.3 Å². The Kier molecular flexibility index (Phi) is 7.19. The van der Waals surface area contributed by atoms with E-state index in [4.69, 9.17) is 4.74 Å². The van der Waals surface area contributed by atoms with E-state index in [0.29, 0.717) is 24.9 Å². The predicted octanol–water partition coefficient (Wildman–Crippen LogP) is 4.40. The maximum absolute atomic E-state index is 13.5. The minimum Gasteiger partial charge on any atom is -0.465 e. The molecule has 1 aromatic heterocycles. The van der Waals surface area contributed by atoms with Crippen molar-refractivity contribution in [2.24, 2.45) is 23.2 Å². The van der Waals surface area contributed by atoms with Gasteiger partial charge in [-0.15, -0.1) is 10.2 Å². The molecule has 1 aromatic carbocycles. The van der Waals surface area contributed by atoms with Crippen LogP contribution in [0, 0.1) is 23.2 Å². The molecule has 0 aliphatic heterocycles. The van der Waals surface area contributed by atoms with Crippen molar-refractivity contribution in [3.8, 4) is 0 Å². The highest BCUT2D eigenvalue weighted by atomic mass is 32.2. The van der Waals surface area contributed by atoms with Gasteiger partial charge in [0.05, 0.1) is 13.2 Å². The van der Waals surface area contributed by atoms with Gasteiger partial charge in [-0.05, 0) is 82.1 Å². The number of nitrogens with zero attached hydrogens (tertiary/aromatic N) is 3. The second kappa shape index (κ2) is 10.3. The molecule has 1 atom stereocenters. The molecule has 1 N–H and O–H groups in total. The maximum Gasteiger partial charge on any atom is 0.319 e. The molecule has 0 unspecified atom stereocenters. The van der Waals surface area contributed by atoms with Crippen LogP contribution in [0.4, 0.5) is 0 Å². The Bertz CT molecular complexity index is 1020. The Morgan fingerprint density at radius 2 is 1.77 bits per heavy atom. The van der Waals surface area contributed by atoms with Gasteiger partial charge in [-0.25, -0.2) is 0 Å². The molecule has 4 aliphatic carbocycles. The molecule has 4 bridgehead atoms. The molecular formula is C27H36N4O3S. The molecule has 6 rings (SSSR count). The number of aryl methyl sites for hydroxylation is 1. The van der Waals surface area contributed by atoms with Crippen LogP contribution in [0.2, 0.25) is 0 Å². The van der Waals surface area contributed by atoms with E-state index in [9.17, 15) is 9.59 Å². The summed E-state index contributed by atoms with van der Waals surface area (Å²) in [5.41, 5.74) is 1.04. The molecule has 1 amide bonds. The SMILES string of the molecule is CCOC(=O)[C@@H](C)Sc1nnc(CNC(=O)C23CC4CC(CC(C4)C2)C3)n1CCc1ccccc1. The van der Waals surface area contributed by atoms with E-state index in [1.807, 2.05) is 36.6 Å². The molecule has 0 spiro atoms. The maximum atomic E-state index is 13.5. The number of esters is 1. The topological polar surface area (TPSA) is 86.1 Å². The smallest absolute Gasteiger partial charge is 0.319 e. The van der Waals surface area contributed by atoms with Crippen LogP contribution in [0.25, 0.3) is 0 Å². The average Bonchev–Trinajstić information content (AvgIpc) is 3.22. The van der Waals surface area contributed by atoms with Gasteiger partial charge in [0.15, 0.2) is 11.0 Å². The lowest BCUT2D eigenvalue weighted by atomic mass is 9.49. The largest absolute Gasteiger partial charge is 0.465 e. The highest BCUT2D eigenvalue weighted by Crippen LogP contribution is 2.60. The summed E-state index contributed by atoms with van der Waals surface area (Å²) in [6, 6.07) is 10.3. The fraction of sp³-hybridized carbons (Fsp3) is 0.630. The highest BCUT2D eigenvalue weighted by molar-refractivity contribution is 8.00. The summed E-state index contributed by atoms with van der Waals surface area (Å²) < 4.78 is 7.22. The fourth-order valence-corrected chi connectivity index (χ4v) is 7.74. The Balaban J connectivity index is 1.29. The zero-order chi connectivity index (χ0) is 24.4. The number of aromatic nitrogens is 3. The minimum absolute atomic E-state index is 0.181. The summed E-state index contributed by atoms with van der Waals surface area (Å²) >= 11 is 1.36. The first-order chi connectivity index (χ1) is 17.0. The number of thioether (sulfide) groups is 1. The molecule has 1 heterocycles. The van der Waals surface area contributed by atoms with Gasteiger partial charge in [-0.2, -0.15) is 0 Å². The Hall–Kier alpha value is -2.35. The second-order valence-corrected chi connectivity index (χ2v) is 12.0. The number of nitrogens with one attached hydrogen (secondary N) is 1. The number of hydrogen-bond acceptors (Lipinski definition) is 6. The molecule has 0 saturated heterocycles. The number of rotatable bonds is 10. The molecular weight excluding hydrogens is 460 g/mol. The Labute approximate surface area is 211 Å². The van der Waals surface area contributed by atoms with E-state index in [-0.39, 0.29) is 22.5 Å². The van der Waals surface area contributed by atoms with Crippen molar-refractivity contribution >= 4 is 23.6 Å². The summed E-state index contributed by atoms with van der Waals surface area (Å²) in [6.45, 7) is 5.02. The number of hydrogen-bond donors (Lipinski definition) is 1. The number of carbonyl (C=O) groups excluding carboxylic acids is 2. The van der Waals surface area contributed by atoms with Crippen LogP contribution in [0.1, 0.15) is 63.8 Å². The van der Waals surface area contributed by atoms with Crippen LogP contribution in [-0.4, -0.2) is 38.5 Å². The number of amides is 1. The van der Waals surface area contributed by atoms with Gasteiger partial charge in [0.2, 0.25) is 5.91 Å². The summed E-state index contributed by atoms with van der Waals surface area (Å²) in [5.74, 6) is 2.87. The van der Waals surface area contributed by atoms with E-state index < -0.39 is 0 Å². The lowest BCUT2D eigenvalue weighted by Gasteiger charge is -2.55. The quantitative estimate of drug-likeness (QED) is 0.388. The lowest BCUT2D eigenvalue weighted by molar-refractivity contribution is -0.146. The van der Waals surface area contributed by atoms with Gasteiger partial charge < -0.3 is 14.6 Å². The van der Waals surface area contributed by atoms with Gasteiger partial charge in [0.25, 0.3) is 0 Å². The zero-order valence-corrected chi connectivity index (χ0v) is 21.6. The predicted molar refractivity (Wildman–Crippen MR) is 135 cm³/mol. The van der Waals surface area contributed by atoms with Crippen molar-refractivity contribution in [2.75, 3.05) is 6.61 Å². The third-order valence-corrected chi connectivity index (χ3v) is 9.15. The van der Waals surface area contributed by atoms with Crippen molar-refractivity contribution in [1.29, 1.82) is 0 Å². The average molecular weight is 497 g/mol. The first-order valence-electron chi connectivity index (χ1n) is 13.0. The Morgan fingerprint density at radius 1 is 1.11 bits per heavy atom. The van der Waals surface area contributed by atoms with Crippen LogP contribution in [0.15, 0.2) is 35.5 Å². The van der Waals surface area contributed by atoms with E-state index >= 15 is 0 Å². The standard InChI is InChI=1S/C27H36N4O3S/c1-3-34-24(32)18(2)35-26-30-29-23(31(26)10-9-19-7-5-4-6-8-19)17-28-25(33)27-14-20-11-21(15-27)13-22(12-20)16-27/h4-8,18,20-22H,3,9-17H2,1-2H3,(H,28,33)/t18-,20?,21?,22?,27?/m1/s1. The van der Waals surface area contributed by atoms with Crippen LogP contribution >= 0.6 is 11.8 Å². The molecule has 188 valence electrons. The lowest BCUT2D eigenvalue weighted by Crippen LogP contribution is -2.53. The molecule has 4 aliphatic rings. The molecule has 35 heavy (non-hydrogen) atoms. The summed E-state index contributed by atoms with van der Waals surface area (Å²) in [4.78, 5) is 25.7. The number of carbonyl (C=O) groups is 2. The van der Waals surface area contributed by atoms with Gasteiger partial charge in [-0.1, -0.05) is 42.1 Å². The summed E-state index contributed by atoms with van der Waals surface area (Å²) in [5, 5.41) is 12.4. The van der Waals surface area contributed by atoms with Crippen LogP contribution in [0.3, 0.4) is 0 Å². The third-order valence-electron chi connectivity index (χ3n) is 8.09. The van der Waals surface area contributed by atoms with Crippen LogP contribution in [0.5, 0.6) is 0 Å². The first kappa shape index (κ1) is 24.3. The Morgan fingerprint density at radius 3 is 2.40 bits per heavy atom. The highest BCUT2D eigenvalue weighted by Gasteiger charge is 2.54. The van der Waals surface area contributed by atoms with Gasteiger partial charge in [0, 0.05) is 12.0 Å². The number of ether oxygens (including phenoxy) is 1. The molecule has 0 radical (unpaired) electrons. The molecule has 2 aromatic rings. The van der Waals surface area contributed by atoms with Gasteiger partial charge in [-0.3, -0.25) is 9.59 Å². The van der Waals surface area contributed by atoms with Gasteiger partial charge >= 0.3 is 5.97 Å². The fourth-order valence-electron chi connectivity index (χ4n) is 6.85. The minimum atomic E-state index is -0.385. The number of benzene rings is 1. The van der Waals surface area contributed by atoms with Crippen molar-refractivity contribution in [1.82, 2.24) is 20.1 Å². The normalized spacial score (nSPS) is 27.5. The van der Waals surface area contributed by atoms with Crippen molar-refractivity contribution in [3.63, 3.8) is 0 Å². The van der Waals surface area contributed by atoms with Gasteiger partial charge in [0.1, 0.15) is 5.25 Å². The molecule has 8 heteroatoms. The van der Waals surface area contributed by atoms with E-state index in [2.05, 4.69) is 27.6 Å². The van der Waals surface area contributed by atoms with Crippen LogP contribution < -0.4 is 5.32 Å².